The first-order valence-corrected chi connectivity index (χ1v) is 9.02. The second kappa shape index (κ2) is 11.7. The van der Waals surface area contributed by atoms with E-state index in [9.17, 15) is 14.4 Å². The van der Waals surface area contributed by atoms with Crippen molar-refractivity contribution in [2.24, 2.45) is 5.73 Å². The van der Waals surface area contributed by atoms with Crippen molar-refractivity contribution >= 4 is 17.9 Å². The molecular weight excluding hydrogens is 310 g/mol. The predicted molar refractivity (Wildman–Crippen MR) is 91.2 cm³/mol. The minimum absolute atomic E-state index is 0.207. The lowest BCUT2D eigenvalue weighted by molar-refractivity contribution is -0.155. The Bertz CT molecular complexity index is 407. The minimum atomic E-state index is -0.753. The van der Waals surface area contributed by atoms with Gasteiger partial charge in [-0.25, -0.2) is 4.79 Å². The summed E-state index contributed by atoms with van der Waals surface area (Å²) in [6.45, 7) is 2.12. The van der Waals surface area contributed by atoms with Crippen LogP contribution in [-0.2, 0) is 14.3 Å². The molecule has 138 valence electrons. The summed E-state index contributed by atoms with van der Waals surface area (Å²) in [4.78, 5) is 34.3. The molecule has 7 nitrogen and oxygen atoms in total. The first kappa shape index (κ1) is 20.3. The van der Waals surface area contributed by atoms with E-state index >= 15 is 0 Å². The molecule has 0 unspecified atom stereocenters. The summed E-state index contributed by atoms with van der Waals surface area (Å²) >= 11 is 0. The zero-order chi connectivity index (χ0) is 17.8. The highest BCUT2D eigenvalue weighted by atomic mass is 16.5. The molecule has 0 aromatic heterocycles. The first-order chi connectivity index (χ1) is 11.5. The van der Waals surface area contributed by atoms with Gasteiger partial charge in [0.1, 0.15) is 0 Å². The van der Waals surface area contributed by atoms with Crippen LogP contribution >= 0.6 is 0 Å². The maximum atomic E-state index is 12.1. The Labute approximate surface area is 144 Å². The molecule has 0 saturated heterocycles. The van der Waals surface area contributed by atoms with Crippen LogP contribution in [-0.4, -0.2) is 36.6 Å². The normalized spacial score (nSPS) is 16.7. The van der Waals surface area contributed by atoms with Crippen LogP contribution in [0.15, 0.2) is 0 Å². The average Bonchev–Trinajstić information content (AvgIpc) is 2.79. The number of hydrogen-bond donors (Lipinski definition) is 3. The molecule has 0 aromatic carbocycles. The van der Waals surface area contributed by atoms with Gasteiger partial charge in [-0.05, 0) is 32.6 Å². The van der Waals surface area contributed by atoms with E-state index in [0.29, 0.717) is 13.0 Å². The molecule has 1 aliphatic rings. The van der Waals surface area contributed by atoms with Crippen molar-refractivity contribution in [1.82, 2.24) is 10.6 Å². The molecule has 1 atom stereocenters. The summed E-state index contributed by atoms with van der Waals surface area (Å²) in [5.41, 5.74) is 4.95. The van der Waals surface area contributed by atoms with Crippen molar-refractivity contribution in [2.45, 2.75) is 83.3 Å². The molecule has 0 aliphatic heterocycles. The number of urea groups is 1. The fraction of sp³-hybridized carbons (Fsp3) is 0.824. The highest BCUT2D eigenvalue weighted by Gasteiger charge is 2.21. The Morgan fingerprint density at radius 2 is 1.75 bits per heavy atom. The molecule has 1 saturated carbocycles. The van der Waals surface area contributed by atoms with Gasteiger partial charge in [0.25, 0.3) is 5.91 Å². The van der Waals surface area contributed by atoms with E-state index in [1.165, 1.54) is 12.8 Å². The summed E-state index contributed by atoms with van der Waals surface area (Å²) in [5, 5.41) is 5.48. The summed E-state index contributed by atoms with van der Waals surface area (Å²) in [6.07, 6.45) is 8.49. The molecule has 0 heterocycles. The molecule has 0 radical (unpaired) electrons. The van der Waals surface area contributed by atoms with Gasteiger partial charge in [0.15, 0.2) is 6.10 Å². The zero-order valence-corrected chi connectivity index (χ0v) is 14.6. The largest absolute Gasteiger partial charge is 0.453 e. The van der Waals surface area contributed by atoms with Crippen LogP contribution in [0.3, 0.4) is 0 Å². The second-order valence-electron chi connectivity index (χ2n) is 6.43. The molecule has 0 spiro atoms. The van der Waals surface area contributed by atoms with Crippen LogP contribution < -0.4 is 16.4 Å². The Hall–Kier alpha value is -1.79. The van der Waals surface area contributed by atoms with E-state index in [4.69, 9.17) is 10.5 Å². The van der Waals surface area contributed by atoms with E-state index in [-0.39, 0.29) is 24.3 Å². The van der Waals surface area contributed by atoms with E-state index in [0.717, 1.165) is 38.5 Å². The van der Waals surface area contributed by atoms with Gasteiger partial charge in [-0.1, -0.05) is 32.1 Å². The maximum Gasteiger partial charge on any atom is 0.312 e. The van der Waals surface area contributed by atoms with Crippen molar-refractivity contribution in [3.63, 3.8) is 0 Å². The molecule has 1 aliphatic carbocycles. The monoisotopic (exact) mass is 341 g/mol. The van der Waals surface area contributed by atoms with Gasteiger partial charge in [0.05, 0.1) is 0 Å². The van der Waals surface area contributed by atoms with Gasteiger partial charge in [-0.2, -0.15) is 0 Å². The lowest BCUT2D eigenvalue weighted by atomic mass is 10.1. The SMILES string of the molecule is C[C@H](OC(=O)CCCCCNC(N)=O)C(=O)NC1CCCCCC1. The smallest absolute Gasteiger partial charge is 0.312 e. The molecule has 3 amide bonds. The second-order valence-corrected chi connectivity index (χ2v) is 6.43. The molecule has 1 fully saturated rings. The van der Waals surface area contributed by atoms with Gasteiger partial charge in [-0.15, -0.1) is 0 Å². The molecule has 1 rings (SSSR count). The van der Waals surface area contributed by atoms with Gasteiger partial charge >= 0.3 is 12.0 Å². The number of ether oxygens (including phenoxy) is 1. The van der Waals surface area contributed by atoms with E-state index < -0.39 is 12.1 Å². The summed E-state index contributed by atoms with van der Waals surface area (Å²) in [7, 11) is 0. The van der Waals surface area contributed by atoms with Crippen LogP contribution in [0.5, 0.6) is 0 Å². The number of carbonyl (C=O) groups is 3. The minimum Gasteiger partial charge on any atom is -0.453 e. The standard InChI is InChI=1S/C17H31N3O4/c1-13(16(22)20-14-9-5-2-3-6-10-14)24-15(21)11-7-4-8-12-19-17(18)23/h13-14H,2-12H2,1H3,(H,20,22)(H3,18,19,23)/t13-/m0/s1. The van der Waals surface area contributed by atoms with Crippen molar-refractivity contribution < 1.29 is 19.1 Å². The van der Waals surface area contributed by atoms with Gasteiger partial charge in [0, 0.05) is 19.0 Å². The molecule has 0 aromatic rings. The van der Waals surface area contributed by atoms with E-state index in [1.807, 2.05) is 0 Å². The van der Waals surface area contributed by atoms with Crippen LogP contribution in [0.25, 0.3) is 0 Å². The summed E-state index contributed by atoms with van der Waals surface area (Å²) < 4.78 is 5.19. The number of nitrogens with one attached hydrogen (secondary N) is 2. The number of unbranched alkanes of at least 4 members (excludes halogenated alkanes) is 2. The number of amides is 3. The molecule has 7 heteroatoms. The summed E-state index contributed by atoms with van der Waals surface area (Å²) in [5.74, 6) is -0.567. The number of primary amides is 1. The van der Waals surface area contributed by atoms with Crippen LogP contribution in [0.2, 0.25) is 0 Å². The topological polar surface area (TPSA) is 111 Å². The predicted octanol–water partition coefficient (Wildman–Crippen LogP) is 1.99. The number of esters is 1. The van der Waals surface area contributed by atoms with Crippen LogP contribution in [0.1, 0.15) is 71.1 Å². The molecular formula is C17H31N3O4. The maximum absolute atomic E-state index is 12.1. The van der Waals surface area contributed by atoms with Crippen molar-refractivity contribution in [1.29, 1.82) is 0 Å². The zero-order valence-electron chi connectivity index (χ0n) is 14.6. The number of hydrogen-bond acceptors (Lipinski definition) is 4. The molecule has 24 heavy (non-hydrogen) atoms. The van der Waals surface area contributed by atoms with Gasteiger partial charge in [0.2, 0.25) is 0 Å². The Morgan fingerprint density at radius 1 is 1.08 bits per heavy atom. The quantitative estimate of drug-likeness (QED) is 0.338. The Balaban J connectivity index is 2.13. The highest BCUT2D eigenvalue weighted by Crippen LogP contribution is 2.17. The van der Waals surface area contributed by atoms with E-state index in [1.54, 1.807) is 6.92 Å². The average molecular weight is 341 g/mol. The van der Waals surface area contributed by atoms with Crippen molar-refractivity contribution in [3.05, 3.63) is 0 Å². The third-order valence-electron chi connectivity index (χ3n) is 4.24. The van der Waals surface area contributed by atoms with Gasteiger partial charge in [-0.3, -0.25) is 9.59 Å². The number of nitrogens with two attached hydrogens (primary N) is 1. The number of carbonyl (C=O) groups excluding carboxylic acids is 3. The third kappa shape index (κ3) is 9.37. The fourth-order valence-corrected chi connectivity index (χ4v) is 2.83. The Morgan fingerprint density at radius 3 is 2.38 bits per heavy atom. The molecule has 0 bridgehead atoms. The van der Waals surface area contributed by atoms with Crippen LogP contribution in [0.4, 0.5) is 4.79 Å². The van der Waals surface area contributed by atoms with Crippen LogP contribution in [0, 0.1) is 0 Å². The first-order valence-electron chi connectivity index (χ1n) is 9.02. The highest BCUT2D eigenvalue weighted by molar-refractivity contribution is 5.83. The lowest BCUT2D eigenvalue weighted by Gasteiger charge is -2.19. The fourth-order valence-electron chi connectivity index (χ4n) is 2.83. The summed E-state index contributed by atoms with van der Waals surface area (Å²) in [6, 6.07) is -0.332. The van der Waals surface area contributed by atoms with E-state index in [2.05, 4.69) is 10.6 Å². The van der Waals surface area contributed by atoms with Crippen molar-refractivity contribution in [2.75, 3.05) is 6.54 Å². The van der Waals surface area contributed by atoms with Crippen molar-refractivity contribution in [3.8, 4) is 0 Å². The number of rotatable bonds is 9. The van der Waals surface area contributed by atoms with Gasteiger partial charge < -0.3 is 21.1 Å². The Kier molecular flexibility index (Phi) is 9.88. The lowest BCUT2D eigenvalue weighted by Crippen LogP contribution is -2.41. The third-order valence-corrected chi connectivity index (χ3v) is 4.24. The molecule has 4 N–H and O–H groups in total.